The number of hydrogen-bond acceptors (Lipinski definition) is 3. The van der Waals surface area contributed by atoms with Crippen LogP contribution in [0.3, 0.4) is 0 Å². The van der Waals surface area contributed by atoms with Crippen LogP contribution in [-0.4, -0.2) is 11.0 Å². The topological polar surface area (TPSA) is 67.2 Å². The van der Waals surface area contributed by atoms with Crippen molar-refractivity contribution in [1.82, 2.24) is 15.6 Å². The molecule has 5 nitrogen and oxygen atoms in total. The summed E-state index contributed by atoms with van der Waals surface area (Å²) >= 11 is 0. The standard InChI is InChI=1S/C15H19N3O2/c1-10-7-14(12(3)20-10)11(2)18-15(19)17-9-13-5-4-6-16-8-13/h4-8,11H,9H2,1-3H3,(H2,17,18,19). The first-order chi connectivity index (χ1) is 9.56. The Morgan fingerprint density at radius 2 is 2.25 bits per heavy atom. The zero-order valence-corrected chi connectivity index (χ0v) is 11.9. The second-order valence-electron chi connectivity index (χ2n) is 4.78. The van der Waals surface area contributed by atoms with E-state index in [2.05, 4.69) is 15.6 Å². The average molecular weight is 273 g/mol. The van der Waals surface area contributed by atoms with Gasteiger partial charge < -0.3 is 15.1 Å². The third-order valence-corrected chi connectivity index (χ3v) is 3.07. The second-order valence-corrected chi connectivity index (χ2v) is 4.78. The van der Waals surface area contributed by atoms with Crippen LogP contribution in [0, 0.1) is 13.8 Å². The molecule has 2 rings (SSSR count). The number of rotatable bonds is 4. The highest BCUT2D eigenvalue weighted by molar-refractivity contribution is 5.74. The number of nitrogens with one attached hydrogen (secondary N) is 2. The molecule has 1 unspecified atom stereocenters. The molecule has 1 atom stereocenters. The molecule has 0 radical (unpaired) electrons. The van der Waals surface area contributed by atoms with E-state index in [0.717, 1.165) is 22.6 Å². The van der Waals surface area contributed by atoms with Gasteiger partial charge in [0.1, 0.15) is 11.5 Å². The van der Waals surface area contributed by atoms with Crippen molar-refractivity contribution >= 4 is 6.03 Å². The fourth-order valence-corrected chi connectivity index (χ4v) is 2.09. The lowest BCUT2D eigenvalue weighted by atomic mass is 10.1. The van der Waals surface area contributed by atoms with E-state index in [1.165, 1.54) is 0 Å². The van der Waals surface area contributed by atoms with Crippen LogP contribution in [-0.2, 0) is 6.54 Å². The normalized spacial score (nSPS) is 11.9. The molecule has 2 aromatic rings. The number of urea groups is 1. The minimum Gasteiger partial charge on any atom is -0.466 e. The Bertz CT molecular complexity index is 578. The fraction of sp³-hybridized carbons (Fsp3) is 0.333. The molecule has 106 valence electrons. The highest BCUT2D eigenvalue weighted by Crippen LogP contribution is 2.20. The number of carbonyl (C=O) groups is 1. The summed E-state index contributed by atoms with van der Waals surface area (Å²) in [6.07, 6.45) is 3.43. The zero-order valence-electron chi connectivity index (χ0n) is 11.9. The first kappa shape index (κ1) is 14.1. The maximum atomic E-state index is 11.8. The molecule has 0 aromatic carbocycles. The van der Waals surface area contributed by atoms with Crippen LogP contribution in [0.15, 0.2) is 35.0 Å². The SMILES string of the molecule is Cc1cc(C(C)NC(=O)NCc2cccnc2)c(C)o1. The van der Waals surface area contributed by atoms with Crippen LogP contribution in [0.4, 0.5) is 4.79 Å². The Morgan fingerprint density at radius 1 is 1.45 bits per heavy atom. The van der Waals surface area contributed by atoms with Crippen molar-refractivity contribution in [3.05, 3.63) is 53.2 Å². The Hall–Kier alpha value is -2.30. The van der Waals surface area contributed by atoms with Crippen LogP contribution in [0.1, 0.15) is 35.6 Å². The van der Waals surface area contributed by atoms with Gasteiger partial charge in [0.25, 0.3) is 0 Å². The minimum atomic E-state index is -0.209. The van der Waals surface area contributed by atoms with Crippen LogP contribution in [0.2, 0.25) is 0 Å². The van der Waals surface area contributed by atoms with Crippen LogP contribution in [0.25, 0.3) is 0 Å². The summed E-state index contributed by atoms with van der Waals surface area (Å²) in [6, 6.07) is 5.40. The maximum absolute atomic E-state index is 11.8. The molecule has 0 saturated heterocycles. The largest absolute Gasteiger partial charge is 0.466 e. The van der Waals surface area contributed by atoms with E-state index in [0.29, 0.717) is 6.54 Å². The van der Waals surface area contributed by atoms with Crippen molar-refractivity contribution in [1.29, 1.82) is 0 Å². The highest BCUT2D eigenvalue weighted by Gasteiger charge is 2.14. The van der Waals surface area contributed by atoms with Gasteiger partial charge in [-0.3, -0.25) is 4.98 Å². The van der Waals surface area contributed by atoms with E-state index in [9.17, 15) is 4.79 Å². The van der Waals surface area contributed by atoms with Gasteiger partial charge in [0, 0.05) is 24.5 Å². The minimum absolute atomic E-state index is 0.0960. The van der Waals surface area contributed by atoms with Crippen molar-refractivity contribution < 1.29 is 9.21 Å². The van der Waals surface area contributed by atoms with Crippen LogP contribution < -0.4 is 10.6 Å². The van der Waals surface area contributed by atoms with E-state index in [1.54, 1.807) is 12.4 Å². The van der Waals surface area contributed by atoms with Crippen LogP contribution in [0.5, 0.6) is 0 Å². The molecule has 20 heavy (non-hydrogen) atoms. The number of nitrogens with zero attached hydrogens (tertiary/aromatic N) is 1. The lowest BCUT2D eigenvalue weighted by molar-refractivity contribution is 0.237. The number of pyridine rings is 1. The number of furan rings is 1. The molecule has 0 bridgehead atoms. The second kappa shape index (κ2) is 6.23. The van der Waals surface area contributed by atoms with Gasteiger partial charge in [-0.05, 0) is 38.5 Å². The van der Waals surface area contributed by atoms with E-state index in [4.69, 9.17) is 4.42 Å². The number of aromatic nitrogens is 1. The van der Waals surface area contributed by atoms with Crippen molar-refractivity contribution in [2.45, 2.75) is 33.4 Å². The summed E-state index contributed by atoms with van der Waals surface area (Å²) in [6.45, 7) is 6.18. The Balaban J connectivity index is 1.87. The van der Waals surface area contributed by atoms with Crippen LogP contribution >= 0.6 is 0 Å². The molecule has 2 N–H and O–H groups in total. The van der Waals surface area contributed by atoms with Gasteiger partial charge in [-0.2, -0.15) is 0 Å². The van der Waals surface area contributed by atoms with Crippen molar-refractivity contribution in [2.24, 2.45) is 0 Å². The third kappa shape index (κ3) is 3.60. The molecule has 0 aliphatic heterocycles. The summed E-state index contributed by atoms with van der Waals surface area (Å²) in [4.78, 5) is 15.8. The predicted octanol–water partition coefficient (Wildman–Crippen LogP) is 2.85. The van der Waals surface area contributed by atoms with Gasteiger partial charge in [0.2, 0.25) is 0 Å². The maximum Gasteiger partial charge on any atom is 0.315 e. The lowest BCUT2D eigenvalue weighted by Gasteiger charge is -2.14. The van der Waals surface area contributed by atoms with E-state index in [1.807, 2.05) is 39.0 Å². The van der Waals surface area contributed by atoms with Gasteiger partial charge in [-0.15, -0.1) is 0 Å². The fourth-order valence-electron chi connectivity index (χ4n) is 2.09. The first-order valence-electron chi connectivity index (χ1n) is 6.56. The Morgan fingerprint density at radius 3 is 2.85 bits per heavy atom. The summed E-state index contributed by atoms with van der Waals surface area (Å²) < 4.78 is 5.47. The first-order valence-corrected chi connectivity index (χ1v) is 6.56. The molecule has 0 fully saturated rings. The van der Waals surface area contributed by atoms with Crippen molar-refractivity contribution in [3.8, 4) is 0 Å². The lowest BCUT2D eigenvalue weighted by Crippen LogP contribution is -2.36. The number of aryl methyl sites for hydroxylation is 2. The van der Waals surface area contributed by atoms with Crippen molar-refractivity contribution in [3.63, 3.8) is 0 Å². The molecular formula is C15H19N3O2. The Labute approximate surface area is 118 Å². The molecule has 0 spiro atoms. The van der Waals surface area contributed by atoms with E-state index >= 15 is 0 Å². The number of hydrogen-bond donors (Lipinski definition) is 2. The molecule has 2 amide bonds. The summed E-state index contributed by atoms with van der Waals surface area (Å²) in [7, 11) is 0. The zero-order chi connectivity index (χ0) is 14.5. The van der Waals surface area contributed by atoms with E-state index < -0.39 is 0 Å². The molecule has 5 heteroatoms. The molecule has 0 aliphatic rings. The summed E-state index contributed by atoms with van der Waals surface area (Å²) in [5.74, 6) is 1.68. The molecule has 2 aromatic heterocycles. The van der Waals surface area contributed by atoms with Gasteiger partial charge in [-0.1, -0.05) is 6.07 Å². The summed E-state index contributed by atoms with van der Waals surface area (Å²) in [5.41, 5.74) is 1.96. The average Bonchev–Trinajstić information content (AvgIpc) is 2.77. The van der Waals surface area contributed by atoms with E-state index in [-0.39, 0.29) is 12.1 Å². The van der Waals surface area contributed by atoms with Gasteiger partial charge in [0.15, 0.2) is 0 Å². The van der Waals surface area contributed by atoms with Gasteiger partial charge in [-0.25, -0.2) is 4.79 Å². The molecule has 0 saturated carbocycles. The molecule has 0 aliphatic carbocycles. The Kier molecular flexibility index (Phi) is 4.40. The quantitative estimate of drug-likeness (QED) is 0.900. The molecular weight excluding hydrogens is 254 g/mol. The predicted molar refractivity (Wildman–Crippen MR) is 76.2 cm³/mol. The molecule has 2 heterocycles. The summed E-state index contributed by atoms with van der Waals surface area (Å²) in [5, 5.41) is 5.70. The smallest absolute Gasteiger partial charge is 0.315 e. The van der Waals surface area contributed by atoms with Gasteiger partial charge in [0.05, 0.1) is 6.04 Å². The number of carbonyl (C=O) groups excluding carboxylic acids is 1. The van der Waals surface area contributed by atoms with Crippen molar-refractivity contribution in [2.75, 3.05) is 0 Å². The number of amides is 2. The third-order valence-electron chi connectivity index (χ3n) is 3.07. The monoisotopic (exact) mass is 273 g/mol. The van der Waals surface area contributed by atoms with Gasteiger partial charge >= 0.3 is 6.03 Å². The highest BCUT2D eigenvalue weighted by atomic mass is 16.3.